The van der Waals surface area contributed by atoms with Gasteiger partial charge in [-0.3, -0.25) is 4.79 Å². The Bertz CT molecular complexity index is 934. The van der Waals surface area contributed by atoms with Crippen molar-refractivity contribution in [2.45, 2.75) is 36.0 Å². The smallest absolute Gasteiger partial charge is 0.233 e. The van der Waals surface area contributed by atoms with E-state index < -0.39 is 0 Å². The number of nitrogens with one attached hydrogen (secondary N) is 2. The van der Waals surface area contributed by atoms with Crippen LogP contribution in [0.15, 0.2) is 45.4 Å². The van der Waals surface area contributed by atoms with Crippen LogP contribution in [0.4, 0.5) is 5.13 Å². The Kier molecular flexibility index (Phi) is 7.23. The summed E-state index contributed by atoms with van der Waals surface area (Å²) >= 11 is 14.9. The number of halogens is 2. The molecule has 1 amide bonds. The van der Waals surface area contributed by atoms with Gasteiger partial charge in [0.05, 0.1) is 24.1 Å². The van der Waals surface area contributed by atoms with Crippen LogP contribution in [0, 0.1) is 0 Å². The minimum Gasteiger partial charge on any atom is -0.467 e. The number of benzene rings is 1. The average molecular weight is 457 g/mol. The standard InChI is InChI=1S/C18H18Cl2N4O2S2/c1-10(14-6-5-12(19)8-15(14)20)22-16(25)11(2)27-18-24-23-17(28-18)21-9-13-4-3-7-26-13/h3-8,10-11H,9H2,1-2H3,(H,21,23)(H,22,25)/t10-,11+/m1/s1. The molecule has 0 aliphatic rings. The predicted molar refractivity (Wildman–Crippen MR) is 114 cm³/mol. The van der Waals surface area contributed by atoms with Crippen LogP contribution < -0.4 is 10.6 Å². The Labute approximate surface area is 181 Å². The van der Waals surface area contributed by atoms with E-state index in [9.17, 15) is 4.79 Å². The molecule has 0 aliphatic carbocycles. The van der Waals surface area contributed by atoms with Gasteiger partial charge in [-0.2, -0.15) is 0 Å². The minimum absolute atomic E-state index is 0.108. The van der Waals surface area contributed by atoms with E-state index in [1.54, 1.807) is 18.4 Å². The van der Waals surface area contributed by atoms with Crippen LogP contribution >= 0.6 is 46.3 Å². The van der Waals surface area contributed by atoms with Crippen molar-refractivity contribution < 1.29 is 9.21 Å². The molecule has 10 heteroatoms. The molecule has 148 valence electrons. The van der Waals surface area contributed by atoms with E-state index in [2.05, 4.69) is 20.8 Å². The average Bonchev–Trinajstić information content (AvgIpc) is 3.31. The van der Waals surface area contributed by atoms with Gasteiger partial charge >= 0.3 is 0 Å². The maximum absolute atomic E-state index is 12.5. The van der Waals surface area contributed by atoms with Crippen LogP contribution in [0.2, 0.25) is 10.0 Å². The van der Waals surface area contributed by atoms with Crippen LogP contribution in [0.3, 0.4) is 0 Å². The number of carbonyl (C=O) groups excluding carboxylic acids is 1. The number of hydrogen-bond donors (Lipinski definition) is 2. The second-order valence-corrected chi connectivity index (χ2v) is 9.37. The van der Waals surface area contributed by atoms with E-state index in [4.69, 9.17) is 27.6 Å². The van der Waals surface area contributed by atoms with Gasteiger partial charge in [0.1, 0.15) is 5.76 Å². The van der Waals surface area contributed by atoms with Gasteiger partial charge in [0.15, 0.2) is 4.34 Å². The maximum Gasteiger partial charge on any atom is 0.233 e. The molecule has 2 N–H and O–H groups in total. The van der Waals surface area contributed by atoms with E-state index in [-0.39, 0.29) is 17.2 Å². The summed E-state index contributed by atoms with van der Waals surface area (Å²) in [4.78, 5) is 12.5. The number of hydrogen-bond acceptors (Lipinski definition) is 7. The summed E-state index contributed by atoms with van der Waals surface area (Å²) in [6.07, 6.45) is 1.62. The molecule has 0 saturated heterocycles. The highest BCUT2D eigenvalue weighted by Crippen LogP contribution is 2.30. The van der Waals surface area contributed by atoms with E-state index >= 15 is 0 Å². The van der Waals surface area contributed by atoms with Crippen LogP contribution in [-0.2, 0) is 11.3 Å². The lowest BCUT2D eigenvalue weighted by molar-refractivity contribution is -0.120. The second-order valence-electron chi connectivity index (χ2n) is 5.96. The Hall–Kier alpha value is -1.74. The van der Waals surface area contributed by atoms with Gasteiger partial charge in [0.25, 0.3) is 0 Å². The summed E-state index contributed by atoms with van der Waals surface area (Å²) in [5.74, 6) is 0.704. The number of aromatic nitrogens is 2. The van der Waals surface area contributed by atoms with Crippen molar-refractivity contribution >= 4 is 57.3 Å². The molecule has 1 aromatic carbocycles. The quantitative estimate of drug-likeness (QED) is 0.441. The molecule has 0 fully saturated rings. The van der Waals surface area contributed by atoms with Crippen molar-refractivity contribution in [1.29, 1.82) is 0 Å². The third-order valence-corrected chi connectivity index (χ3v) is 6.46. The number of anilines is 1. The summed E-state index contributed by atoms with van der Waals surface area (Å²) in [7, 11) is 0. The SMILES string of the molecule is C[C@H](Sc1nnc(NCc2ccco2)s1)C(=O)N[C@H](C)c1ccc(Cl)cc1Cl. The molecule has 0 aliphatic heterocycles. The van der Waals surface area contributed by atoms with E-state index in [1.165, 1.54) is 23.1 Å². The summed E-state index contributed by atoms with van der Waals surface area (Å²) in [5, 5.41) is 15.8. The van der Waals surface area contributed by atoms with Crippen molar-refractivity contribution in [3.8, 4) is 0 Å². The third kappa shape index (κ3) is 5.64. The molecule has 6 nitrogen and oxygen atoms in total. The minimum atomic E-state index is -0.334. The molecule has 3 aromatic rings. The largest absolute Gasteiger partial charge is 0.467 e. The number of rotatable bonds is 8. The van der Waals surface area contributed by atoms with E-state index in [0.29, 0.717) is 26.1 Å². The Morgan fingerprint density at radius 3 is 2.82 bits per heavy atom. The number of carbonyl (C=O) groups is 1. The van der Waals surface area contributed by atoms with Gasteiger partial charge < -0.3 is 15.1 Å². The fourth-order valence-corrected chi connectivity index (χ4v) is 4.84. The van der Waals surface area contributed by atoms with Gasteiger partial charge in [-0.15, -0.1) is 10.2 Å². The van der Waals surface area contributed by atoms with Crippen molar-refractivity contribution in [3.05, 3.63) is 58.0 Å². The highest BCUT2D eigenvalue weighted by Gasteiger charge is 2.20. The van der Waals surface area contributed by atoms with Gasteiger partial charge in [0, 0.05) is 10.0 Å². The summed E-state index contributed by atoms with van der Waals surface area (Å²) in [5.41, 5.74) is 0.817. The molecule has 3 rings (SSSR count). The number of thioether (sulfide) groups is 1. The highest BCUT2D eigenvalue weighted by atomic mass is 35.5. The van der Waals surface area contributed by atoms with Crippen molar-refractivity contribution in [2.24, 2.45) is 0 Å². The summed E-state index contributed by atoms with van der Waals surface area (Å²) < 4.78 is 5.98. The van der Waals surface area contributed by atoms with Crippen molar-refractivity contribution in [2.75, 3.05) is 5.32 Å². The maximum atomic E-state index is 12.5. The predicted octanol–water partition coefficient (Wildman–Crippen LogP) is 5.41. The number of furan rings is 1. The molecular weight excluding hydrogens is 439 g/mol. The molecule has 2 aromatic heterocycles. The van der Waals surface area contributed by atoms with Crippen molar-refractivity contribution in [3.63, 3.8) is 0 Å². The van der Waals surface area contributed by atoms with Crippen molar-refractivity contribution in [1.82, 2.24) is 15.5 Å². The van der Waals surface area contributed by atoms with E-state index in [1.807, 2.05) is 32.0 Å². The molecule has 0 spiro atoms. The third-order valence-electron chi connectivity index (χ3n) is 3.83. The lowest BCUT2D eigenvalue weighted by Gasteiger charge is -2.18. The Balaban J connectivity index is 1.52. The molecule has 0 unspecified atom stereocenters. The topological polar surface area (TPSA) is 80.1 Å². The molecule has 0 bridgehead atoms. The first-order chi connectivity index (χ1) is 13.4. The first kappa shape index (κ1) is 21.0. The Morgan fingerprint density at radius 2 is 2.11 bits per heavy atom. The zero-order chi connectivity index (χ0) is 20.1. The number of amides is 1. The fraction of sp³-hybridized carbons (Fsp3) is 0.278. The molecule has 2 heterocycles. The van der Waals surface area contributed by atoms with Gasteiger partial charge in [-0.05, 0) is 43.7 Å². The monoisotopic (exact) mass is 456 g/mol. The summed E-state index contributed by atoms with van der Waals surface area (Å²) in [6.45, 7) is 4.24. The second kappa shape index (κ2) is 9.65. The molecule has 0 radical (unpaired) electrons. The zero-order valence-electron chi connectivity index (χ0n) is 15.1. The lowest BCUT2D eigenvalue weighted by Crippen LogP contribution is -2.33. The van der Waals surface area contributed by atoms with E-state index in [0.717, 1.165) is 11.3 Å². The van der Waals surface area contributed by atoms with Crippen LogP contribution in [0.25, 0.3) is 0 Å². The van der Waals surface area contributed by atoms with Gasteiger partial charge in [-0.1, -0.05) is 52.4 Å². The van der Waals surface area contributed by atoms with Gasteiger partial charge in [-0.25, -0.2) is 0 Å². The van der Waals surface area contributed by atoms with Crippen LogP contribution in [0.1, 0.15) is 31.2 Å². The van der Waals surface area contributed by atoms with Crippen LogP contribution in [-0.4, -0.2) is 21.4 Å². The lowest BCUT2D eigenvalue weighted by atomic mass is 10.1. The Morgan fingerprint density at radius 1 is 1.29 bits per heavy atom. The summed E-state index contributed by atoms with van der Waals surface area (Å²) in [6, 6.07) is 8.70. The normalized spacial score (nSPS) is 13.1. The zero-order valence-corrected chi connectivity index (χ0v) is 18.3. The van der Waals surface area contributed by atoms with Gasteiger partial charge in [0.2, 0.25) is 11.0 Å². The highest BCUT2D eigenvalue weighted by molar-refractivity contribution is 8.02. The molecule has 2 atom stereocenters. The first-order valence-corrected chi connectivity index (χ1v) is 10.9. The van der Waals surface area contributed by atoms with Crippen LogP contribution in [0.5, 0.6) is 0 Å². The first-order valence-electron chi connectivity index (χ1n) is 8.44. The molecular formula is C18H18Cl2N4O2S2. The molecule has 28 heavy (non-hydrogen) atoms. The fourth-order valence-electron chi connectivity index (χ4n) is 2.37. The molecule has 0 saturated carbocycles. The number of nitrogens with zero attached hydrogens (tertiary/aromatic N) is 2.